The molecule has 0 aromatic rings. The van der Waals surface area contributed by atoms with E-state index in [4.69, 9.17) is 20.4 Å². The molecule has 0 saturated heterocycles. The van der Waals surface area contributed by atoms with E-state index in [1.54, 1.807) is 0 Å². The van der Waals surface area contributed by atoms with Gasteiger partial charge >= 0.3 is 11.7 Å². The fourth-order valence-electron chi connectivity index (χ4n) is 2.35. The molecular weight excluding hydrogens is 355 g/mol. The summed E-state index contributed by atoms with van der Waals surface area (Å²) in [6.07, 6.45) is 21.2. The van der Waals surface area contributed by atoms with Crippen molar-refractivity contribution < 1.29 is 29.8 Å². The summed E-state index contributed by atoms with van der Waals surface area (Å²) in [4.78, 5) is 10.3. The van der Waals surface area contributed by atoms with Crippen molar-refractivity contribution in [2.75, 3.05) is 0 Å². The van der Waals surface area contributed by atoms with Gasteiger partial charge in [0, 0.05) is 6.42 Å². The lowest BCUT2D eigenvalue weighted by atomic mass is 10.1. The molecule has 0 spiro atoms. The van der Waals surface area contributed by atoms with Gasteiger partial charge in [0.05, 0.1) is 0 Å². The Morgan fingerprint density at radius 2 is 1.19 bits per heavy atom. The number of aliphatic carboxylic acids is 1. The average Bonchev–Trinajstić information content (AvgIpc) is 2.58. The smallest absolute Gasteiger partial charge is 0.361 e. The van der Waals surface area contributed by atoms with Gasteiger partial charge in [0.1, 0.15) is 0 Å². The Morgan fingerprint density at radius 1 is 0.808 bits per heavy atom. The van der Waals surface area contributed by atoms with Gasteiger partial charge in [-0.25, -0.2) is 0 Å². The van der Waals surface area contributed by atoms with E-state index in [0.717, 1.165) is 12.8 Å². The number of aliphatic hydroxyl groups is 3. The summed E-state index contributed by atoms with van der Waals surface area (Å²) >= 11 is 0. The quantitative estimate of drug-likeness (QED) is 0.127. The third-order valence-corrected chi connectivity index (χ3v) is 4.02. The van der Waals surface area contributed by atoms with Gasteiger partial charge in [0.25, 0.3) is 8.46 Å². The maximum atomic E-state index is 10.3. The van der Waals surface area contributed by atoms with E-state index in [2.05, 4.69) is 19.1 Å². The highest BCUT2D eigenvalue weighted by atomic mass is 31.1. The monoisotopic (exact) mass is 392 g/mol. The van der Waals surface area contributed by atoms with Gasteiger partial charge in [-0.3, -0.25) is 9.36 Å². The molecule has 0 atom stereocenters. The Morgan fingerprint density at radius 3 is 1.58 bits per heavy atom. The normalized spacial score (nSPS) is 11.5. The summed E-state index contributed by atoms with van der Waals surface area (Å²) in [6.45, 7) is 2.26. The minimum Gasteiger partial charge on any atom is -0.481 e. The number of rotatable bonds is 16. The van der Waals surface area contributed by atoms with Crippen molar-refractivity contribution in [3.63, 3.8) is 0 Å². The van der Waals surface area contributed by atoms with Crippen LogP contribution in [0.25, 0.3) is 0 Å². The number of carboxylic acid groups (broad SMARTS) is 1. The fraction of sp³-hybridized carbons (Fsp3) is 0.842. The van der Waals surface area contributed by atoms with Gasteiger partial charge in [0.15, 0.2) is 0 Å². The molecule has 0 radical (unpaired) electrons. The third kappa shape index (κ3) is 31.0. The number of unbranched alkanes of at least 4 members (excludes halogenated alkanes) is 11. The van der Waals surface area contributed by atoms with Gasteiger partial charge in [-0.05, 0) is 32.1 Å². The molecule has 0 amide bonds. The molecule has 0 aromatic heterocycles. The summed E-state index contributed by atoms with van der Waals surface area (Å²) in [5.41, 5.74) is -3.04. The summed E-state index contributed by atoms with van der Waals surface area (Å²) in [5, 5.41) is 31.3. The predicted octanol–water partition coefficient (Wildman–Crippen LogP) is 4.97. The Bertz CT molecular complexity index is 352. The van der Waals surface area contributed by atoms with Crippen LogP contribution in [0.3, 0.4) is 0 Å². The molecule has 4 N–H and O–H groups in total. The molecule has 6 nitrogen and oxygen atoms in total. The number of hydrogen-bond acceptors (Lipinski definition) is 5. The molecule has 0 rings (SSSR count). The zero-order valence-corrected chi connectivity index (χ0v) is 17.0. The SMILES string of the molecule is CCCCCCCC/C=C\CCCCCCCC(=O)O.O=PC(O)(O)O. The summed E-state index contributed by atoms with van der Waals surface area (Å²) in [6, 6.07) is 0. The van der Waals surface area contributed by atoms with Crippen LogP contribution in [0.4, 0.5) is 0 Å². The van der Waals surface area contributed by atoms with E-state index >= 15 is 0 Å². The van der Waals surface area contributed by atoms with Gasteiger partial charge in [0.2, 0.25) is 0 Å². The van der Waals surface area contributed by atoms with E-state index in [9.17, 15) is 9.36 Å². The topological polar surface area (TPSA) is 115 Å². The van der Waals surface area contributed by atoms with Crippen LogP contribution >= 0.6 is 8.46 Å². The van der Waals surface area contributed by atoms with E-state index in [0.29, 0.717) is 6.42 Å². The van der Waals surface area contributed by atoms with Crippen molar-refractivity contribution in [3.8, 4) is 0 Å². The van der Waals surface area contributed by atoms with Gasteiger partial charge in [-0.1, -0.05) is 70.4 Å². The summed E-state index contributed by atoms with van der Waals surface area (Å²) in [5.74, 6) is -0.664. The first-order chi connectivity index (χ1) is 12.3. The summed E-state index contributed by atoms with van der Waals surface area (Å²) in [7, 11) is -1.11. The first-order valence-corrected chi connectivity index (χ1v) is 10.5. The molecule has 0 aliphatic rings. The van der Waals surface area contributed by atoms with Crippen LogP contribution in [0, 0.1) is 0 Å². The lowest BCUT2D eigenvalue weighted by Crippen LogP contribution is -2.16. The zero-order valence-electron chi connectivity index (χ0n) is 16.1. The minimum absolute atomic E-state index is 0.332. The highest BCUT2D eigenvalue weighted by molar-refractivity contribution is 7.24. The highest BCUT2D eigenvalue weighted by Gasteiger charge is 2.16. The summed E-state index contributed by atoms with van der Waals surface area (Å²) < 4.78 is 9.17. The van der Waals surface area contributed by atoms with Gasteiger partial charge in [-0.2, -0.15) is 0 Å². The first-order valence-electron chi connectivity index (χ1n) is 9.72. The Balaban J connectivity index is 0. The molecule has 0 fully saturated rings. The molecule has 0 unspecified atom stereocenters. The van der Waals surface area contributed by atoms with Crippen LogP contribution in [0.1, 0.15) is 96.8 Å². The molecule has 26 heavy (non-hydrogen) atoms. The van der Waals surface area contributed by atoms with E-state index in [1.807, 2.05) is 0 Å². The zero-order chi connectivity index (χ0) is 20.1. The largest absolute Gasteiger partial charge is 0.481 e. The third-order valence-electron chi connectivity index (χ3n) is 3.77. The van der Waals surface area contributed by atoms with E-state index in [-0.39, 0.29) is 0 Å². The molecule has 0 bridgehead atoms. The second-order valence-electron chi connectivity index (χ2n) is 6.42. The Kier molecular flexibility index (Phi) is 21.6. The molecule has 0 aliphatic carbocycles. The second kappa shape index (κ2) is 20.5. The van der Waals surface area contributed by atoms with E-state index < -0.39 is 20.1 Å². The van der Waals surface area contributed by atoms with Crippen molar-refractivity contribution in [3.05, 3.63) is 12.2 Å². The second-order valence-corrected chi connectivity index (χ2v) is 7.20. The number of carboxylic acids is 1. The lowest BCUT2D eigenvalue weighted by Gasteiger charge is -1.99. The Labute approximate surface area is 159 Å². The van der Waals surface area contributed by atoms with Crippen molar-refractivity contribution in [1.82, 2.24) is 0 Å². The molecule has 0 saturated carbocycles. The molecule has 7 heteroatoms. The number of carbonyl (C=O) groups is 1. The number of hydrogen-bond donors (Lipinski definition) is 4. The predicted molar refractivity (Wildman–Crippen MR) is 104 cm³/mol. The minimum atomic E-state index is -3.04. The van der Waals surface area contributed by atoms with Crippen LogP contribution in [0.2, 0.25) is 0 Å². The van der Waals surface area contributed by atoms with Crippen molar-refractivity contribution in [1.29, 1.82) is 0 Å². The first kappa shape index (κ1) is 27.4. The molecule has 154 valence electrons. The van der Waals surface area contributed by atoms with Crippen molar-refractivity contribution in [2.24, 2.45) is 0 Å². The van der Waals surface area contributed by atoms with E-state index in [1.165, 1.54) is 70.6 Å². The lowest BCUT2D eigenvalue weighted by molar-refractivity contribution is -0.238. The maximum Gasteiger partial charge on any atom is 0.361 e. The van der Waals surface area contributed by atoms with Crippen LogP contribution in [-0.2, 0) is 9.36 Å². The van der Waals surface area contributed by atoms with Gasteiger partial charge in [-0.15, -0.1) is 0 Å². The van der Waals surface area contributed by atoms with Gasteiger partial charge < -0.3 is 20.4 Å². The van der Waals surface area contributed by atoms with Crippen molar-refractivity contribution >= 4 is 14.4 Å². The van der Waals surface area contributed by atoms with Crippen LogP contribution in [0.5, 0.6) is 0 Å². The number of allylic oxidation sites excluding steroid dienone is 2. The molecule has 0 aromatic carbocycles. The Hall–Kier alpha value is -0.810. The molecule has 0 heterocycles. The van der Waals surface area contributed by atoms with Crippen LogP contribution in [0.15, 0.2) is 12.2 Å². The molecule has 0 aliphatic heterocycles. The standard InChI is InChI=1S/C18H34O2.CH3O4P/c1-2-3-4-5-6-7-8-9-10-11-12-13-14-15-16-17-18(19)20;2-1(3,4)6-5/h9-10H,2-8,11-17H2,1H3,(H,19,20);2-4H/b10-9-;. The maximum absolute atomic E-state index is 10.3. The highest BCUT2D eigenvalue weighted by Crippen LogP contribution is 2.10. The fourth-order valence-corrected chi connectivity index (χ4v) is 2.35. The van der Waals surface area contributed by atoms with Crippen LogP contribution in [-0.4, -0.2) is 32.1 Å². The molecular formula is C19H37O6P. The van der Waals surface area contributed by atoms with Crippen molar-refractivity contribution in [2.45, 2.75) is 103 Å². The van der Waals surface area contributed by atoms with Crippen LogP contribution < -0.4 is 0 Å². The average molecular weight is 392 g/mol.